The van der Waals surface area contributed by atoms with Gasteiger partial charge >= 0.3 is 0 Å². The second-order valence-electron chi connectivity index (χ2n) is 7.58. The summed E-state index contributed by atoms with van der Waals surface area (Å²) in [6.07, 6.45) is 6.64. The van der Waals surface area contributed by atoms with Crippen molar-refractivity contribution in [3.8, 4) is 0 Å². The van der Waals surface area contributed by atoms with Gasteiger partial charge in [0.05, 0.1) is 0 Å². The number of piperidine rings is 2. The van der Waals surface area contributed by atoms with Gasteiger partial charge in [0.1, 0.15) is 0 Å². The van der Waals surface area contributed by atoms with Crippen molar-refractivity contribution < 1.29 is 4.79 Å². The number of amides is 1. The van der Waals surface area contributed by atoms with Crippen molar-refractivity contribution in [2.75, 3.05) is 53.4 Å². The molecule has 2 rings (SSSR count). The SMILES string of the molecule is CCNC(=NCCC1CCN(C)CC1)N1CCC(CC(=O)NC)CC1. The highest BCUT2D eigenvalue weighted by Crippen LogP contribution is 2.21. The molecule has 0 bridgehead atoms. The van der Waals surface area contributed by atoms with Gasteiger partial charge in [-0.3, -0.25) is 9.79 Å². The number of carbonyl (C=O) groups is 1. The summed E-state index contributed by atoms with van der Waals surface area (Å²) < 4.78 is 0. The molecule has 2 saturated heterocycles. The maximum atomic E-state index is 11.5. The molecule has 0 spiro atoms. The lowest BCUT2D eigenvalue weighted by Crippen LogP contribution is -2.46. The van der Waals surface area contributed by atoms with E-state index in [1.54, 1.807) is 7.05 Å². The van der Waals surface area contributed by atoms with Crippen molar-refractivity contribution in [3.05, 3.63) is 0 Å². The molecule has 2 N–H and O–H groups in total. The van der Waals surface area contributed by atoms with Gasteiger partial charge in [0.2, 0.25) is 5.91 Å². The molecule has 2 aliphatic rings. The molecule has 25 heavy (non-hydrogen) atoms. The number of nitrogens with one attached hydrogen (secondary N) is 2. The second-order valence-corrected chi connectivity index (χ2v) is 7.58. The Kier molecular flexibility index (Phi) is 8.52. The quantitative estimate of drug-likeness (QED) is 0.563. The van der Waals surface area contributed by atoms with Crippen molar-refractivity contribution in [2.24, 2.45) is 16.8 Å². The number of likely N-dealkylation sites (tertiary alicyclic amines) is 2. The van der Waals surface area contributed by atoms with Gasteiger partial charge in [-0.2, -0.15) is 0 Å². The van der Waals surface area contributed by atoms with Gasteiger partial charge in [0, 0.05) is 39.6 Å². The Morgan fingerprint density at radius 3 is 2.32 bits per heavy atom. The molecule has 0 aromatic heterocycles. The number of hydrogen-bond donors (Lipinski definition) is 2. The monoisotopic (exact) mass is 351 g/mol. The van der Waals surface area contributed by atoms with E-state index in [0.717, 1.165) is 50.9 Å². The number of rotatable bonds is 6. The van der Waals surface area contributed by atoms with Crippen LogP contribution in [-0.4, -0.2) is 75.0 Å². The topological polar surface area (TPSA) is 60.0 Å². The molecule has 2 fully saturated rings. The van der Waals surface area contributed by atoms with Crippen LogP contribution in [0.5, 0.6) is 0 Å². The molecule has 6 nitrogen and oxygen atoms in total. The summed E-state index contributed by atoms with van der Waals surface area (Å²) in [5.41, 5.74) is 0. The first-order valence-corrected chi connectivity index (χ1v) is 10.0. The molecule has 0 atom stereocenters. The second kappa shape index (κ2) is 10.6. The van der Waals surface area contributed by atoms with Crippen LogP contribution in [0, 0.1) is 11.8 Å². The summed E-state index contributed by atoms with van der Waals surface area (Å²) in [4.78, 5) is 21.2. The molecular weight excluding hydrogens is 314 g/mol. The van der Waals surface area contributed by atoms with Gasteiger partial charge in [-0.05, 0) is 71.0 Å². The molecule has 1 amide bonds. The van der Waals surface area contributed by atoms with E-state index in [-0.39, 0.29) is 5.91 Å². The van der Waals surface area contributed by atoms with E-state index in [1.807, 2.05) is 0 Å². The van der Waals surface area contributed by atoms with E-state index in [2.05, 4.69) is 34.4 Å². The molecule has 0 aromatic carbocycles. The summed E-state index contributed by atoms with van der Waals surface area (Å²) in [5, 5.41) is 6.19. The van der Waals surface area contributed by atoms with Crippen molar-refractivity contribution in [2.45, 2.75) is 45.4 Å². The van der Waals surface area contributed by atoms with Gasteiger partial charge in [0.15, 0.2) is 5.96 Å². The molecule has 6 heteroatoms. The van der Waals surface area contributed by atoms with Crippen LogP contribution in [0.2, 0.25) is 0 Å². The van der Waals surface area contributed by atoms with Crippen LogP contribution >= 0.6 is 0 Å². The number of nitrogens with zero attached hydrogens (tertiary/aromatic N) is 3. The summed E-state index contributed by atoms with van der Waals surface area (Å²) in [6, 6.07) is 0. The minimum atomic E-state index is 0.164. The zero-order valence-corrected chi connectivity index (χ0v) is 16.4. The third kappa shape index (κ3) is 6.84. The van der Waals surface area contributed by atoms with Gasteiger partial charge in [-0.1, -0.05) is 0 Å². The number of carbonyl (C=O) groups excluding carboxylic acids is 1. The highest BCUT2D eigenvalue weighted by atomic mass is 16.1. The van der Waals surface area contributed by atoms with Crippen molar-refractivity contribution >= 4 is 11.9 Å². The van der Waals surface area contributed by atoms with Crippen molar-refractivity contribution in [3.63, 3.8) is 0 Å². The summed E-state index contributed by atoms with van der Waals surface area (Å²) >= 11 is 0. The first kappa shape index (κ1) is 20.0. The largest absolute Gasteiger partial charge is 0.359 e. The van der Waals surface area contributed by atoms with E-state index in [4.69, 9.17) is 4.99 Å². The average molecular weight is 352 g/mol. The number of aliphatic imine (C=N–C) groups is 1. The van der Waals surface area contributed by atoms with Crippen LogP contribution in [0.4, 0.5) is 0 Å². The highest BCUT2D eigenvalue weighted by molar-refractivity contribution is 5.80. The van der Waals surface area contributed by atoms with Gasteiger partial charge in [0.25, 0.3) is 0 Å². The fourth-order valence-corrected chi connectivity index (χ4v) is 3.84. The molecule has 0 unspecified atom stereocenters. The standard InChI is InChI=1S/C19H37N5O/c1-4-21-19(22-10-5-16-6-11-23(3)12-7-16)24-13-8-17(9-14-24)15-18(25)20-2/h16-17H,4-15H2,1-3H3,(H,20,25)(H,21,22). The van der Waals surface area contributed by atoms with Crippen LogP contribution < -0.4 is 10.6 Å². The minimum Gasteiger partial charge on any atom is -0.359 e. The van der Waals surface area contributed by atoms with Crippen molar-refractivity contribution in [1.82, 2.24) is 20.4 Å². The molecule has 2 heterocycles. The molecule has 0 aliphatic carbocycles. The molecular formula is C19H37N5O. The Bertz CT molecular complexity index is 424. The van der Waals surface area contributed by atoms with Crippen LogP contribution in [0.1, 0.15) is 45.4 Å². The number of hydrogen-bond acceptors (Lipinski definition) is 3. The molecule has 0 radical (unpaired) electrons. The zero-order chi connectivity index (χ0) is 18.1. The first-order valence-electron chi connectivity index (χ1n) is 10.0. The highest BCUT2D eigenvalue weighted by Gasteiger charge is 2.23. The van der Waals surface area contributed by atoms with Crippen LogP contribution in [0.3, 0.4) is 0 Å². The Labute approximate surface area is 153 Å². The maximum Gasteiger partial charge on any atom is 0.220 e. The van der Waals surface area contributed by atoms with Crippen LogP contribution in [0.15, 0.2) is 4.99 Å². The fraction of sp³-hybridized carbons (Fsp3) is 0.895. The summed E-state index contributed by atoms with van der Waals surface area (Å²) in [5.74, 6) is 2.57. The van der Waals surface area contributed by atoms with Crippen LogP contribution in [0.25, 0.3) is 0 Å². The predicted octanol–water partition coefficient (Wildman–Crippen LogP) is 1.53. The molecule has 2 aliphatic heterocycles. The third-order valence-corrected chi connectivity index (χ3v) is 5.64. The molecule has 0 saturated carbocycles. The van der Waals surface area contributed by atoms with Crippen molar-refractivity contribution in [1.29, 1.82) is 0 Å². The predicted molar refractivity (Wildman–Crippen MR) is 104 cm³/mol. The normalized spacial score (nSPS) is 21.4. The Morgan fingerprint density at radius 1 is 1.08 bits per heavy atom. The lowest BCUT2D eigenvalue weighted by Gasteiger charge is -2.34. The molecule has 0 aromatic rings. The average Bonchev–Trinajstić information content (AvgIpc) is 2.63. The summed E-state index contributed by atoms with van der Waals surface area (Å²) in [6.45, 7) is 8.43. The molecule has 144 valence electrons. The van der Waals surface area contributed by atoms with E-state index in [1.165, 1.54) is 32.4 Å². The first-order chi connectivity index (χ1) is 12.1. The lowest BCUT2D eigenvalue weighted by molar-refractivity contribution is -0.121. The number of guanidine groups is 1. The zero-order valence-electron chi connectivity index (χ0n) is 16.4. The minimum absolute atomic E-state index is 0.164. The summed E-state index contributed by atoms with van der Waals surface area (Å²) in [7, 11) is 3.93. The van der Waals surface area contributed by atoms with E-state index < -0.39 is 0 Å². The Hall–Kier alpha value is -1.30. The Morgan fingerprint density at radius 2 is 1.72 bits per heavy atom. The Balaban J connectivity index is 1.76. The van der Waals surface area contributed by atoms with Gasteiger partial charge in [-0.25, -0.2) is 0 Å². The van der Waals surface area contributed by atoms with E-state index in [9.17, 15) is 4.79 Å². The van der Waals surface area contributed by atoms with Gasteiger partial charge < -0.3 is 20.4 Å². The van der Waals surface area contributed by atoms with Crippen LogP contribution in [-0.2, 0) is 4.79 Å². The van der Waals surface area contributed by atoms with E-state index >= 15 is 0 Å². The fourth-order valence-electron chi connectivity index (χ4n) is 3.84. The third-order valence-electron chi connectivity index (χ3n) is 5.64. The van der Waals surface area contributed by atoms with E-state index in [0.29, 0.717) is 12.3 Å². The van der Waals surface area contributed by atoms with Gasteiger partial charge in [-0.15, -0.1) is 0 Å². The lowest BCUT2D eigenvalue weighted by atomic mass is 9.93. The smallest absolute Gasteiger partial charge is 0.220 e. The maximum absolute atomic E-state index is 11.5.